The first-order chi connectivity index (χ1) is 26.3. The number of nitrogens with zero attached hydrogens (tertiary/aromatic N) is 2. The normalized spacial score (nSPS) is 27.3. The molecule has 6 atom stereocenters. The summed E-state index contributed by atoms with van der Waals surface area (Å²) in [5, 5.41) is 11.1. The van der Waals surface area contributed by atoms with E-state index in [0.717, 1.165) is 39.1 Å². The van der Waals surface area contributed by atoms with Crippen molar-refractivity contribution in [2.45, 2.75) is 28.5 Å². The van der Waals surface area contributed by atoms with E-state index in [-0.39, 0.29) is 24.1 Å². The lowest BCUT2D eigenvalue weighted by Gasteiger charge is -2.50. The summed E-state index contributed by atoms with van der Waals surface area (Å²) in [7, 11) is 3.14. The number of rotatable bonds is 7. The standard InChI is InChI=1S/C42H32Cl2F2N2O7/c1-54-27-16-19-33(55-2)23(20-27)9-6-22-7-12-25(13-8-22)47-37(50)29-18-17-28-31(34(29)38(47)51)21-41(43)39(52)48(26-14-10-24(45)11-15-26)40(53)42(41,44)35(28)30-4-3-5-32(46)36(30)49/h3-17,19-20,29,31,34-35,49H,18,21H2,1-2H3. The van der Waals surface area contributed by atoms with Gasteiger partial charge in [-0.3, -0.25) is 24.1 Å². The van der Waals surface area contributed by atoms with Crippen molar-refractivity contribution in [2.24, 2.45) is 17.8 Å². The number of benzene rings is 4. The first kappa shape index (κ1) is 36.5. The monoisotopic (exact) mass is 784 g/mol. The van der Waals surface area contributed by atoms with Crippen LogP contribution in [-0.2, 0) is 19.2 Å². The van der Waals surface area contributed by atoms with Gasteiger partial charge in [0.2, 0.25) is 11.8 Å². The number of methoxy groups -OCH3 is 2. The molecular weight excluding hydrogens is 753 g/mol. The van der Waals surface area contributed by atoms with Crippen LogP contribution in [0.15, 0.2) is 96.6 Å². The van der Waals surface area contributed by atoms with Crippen molar-refractivity contribution in [3.05, 3.63) is 125 Å². The number of amides is 4. The number of carbonyl (C=O) groups excluding carboxylic acids is 4. The van der Waals surface area contributed by atoms with Crippen molar-refractivity contribution >= 4 is 70.4 Å². The van der Waals surface area contributed by atoms with Crippen LogP contribution in [0.4, 0.5) is 20.2 Å². The van der Waals surface area contributed by atoms with Crippen LogP contribution in [0.3, 0.4) is 0 Å². The molecule has 55 heavy (non-hydrogen) atoms. The Labute approximate surface area is 324 Å². The molecule has 0 spiro atoms. The number of phenols is 1. The van der Waals surface area contributed by atoms with Crippen LogP contribution in [0, 0.1) is 29.4 Å². The molecule has 8 rings (SSSR count). The van der Waals surface area contributed by atoms with Crippen molar-refractivity contribution in [2.75, 3.05) is 24.0 Å². The maximum atomic E-state index is 15.0. The molecule has 13 heteroatoms. The number of imide groups is 2. The minimum atomic E-state index is -2.32. The molecule has 6 unspecified atom stereocenters. The molecule has 3 fully saturated rings. The third-order valence-corrected chi connectivity index (χ3v) is 12.7. The van der Waals surface area contributed by atoms with Gasteiger partial charge in [0.1, 0.15) is 17.3 Å². The topological polar surface area (TPSA) is 113 Å². The zero-order chi connectivity index (χ0) is 39.0. The SMILES string of the molecule is COc1ccc(OC)c(C=Cc2ccc(N3C(=O)C4CC=C5C(CC6(Cl)C(=O)N(c7ccc(F)cc7)C(=O)C6(Cl)C5c5cccc(F)c5O)C4C3=O)cc2)c1. The number of halogens is 4. The fourth-order valence-corrected chi connectivity index (χ4v) is 9.58. The minimum absolute atomic E-state index is 0.00196. The Morgan fingerprint density at radius 2 is 1.49 bits per heavy atom. The molecule has 1 N–H and O–H groups in total. The Morgan fingerprint density at radius 1 is 0.800 bits per heavy atom. The highest BCUT2D eigenvalue weighted by molar-refractivity contribution is 6.58. The lowest BCUT2D eigenvalue weighted by atomic mass is 9.56. The van der Waals surface area contributed by atoms with Crippen LogP contribution in [0.2, 0.25) is 0 Å². The number of fused-ring (bicyclic) bond motifs is 4. The highest BCUT2D eigenvalue weighted by Crippen LogP contribution is 2.66. The van der Waals surface area contributed by atoms with Gasteiger partial charge >= 0.3 is 0 Å². The zero-order valence-corrected chi connectivity index (χ0v) is 30.9. The predicted octanol–water partition coefficient (Wildman–Crippen LogP) is 7.63. The van der Waals surface area contributed by atoms with E-state index < -0.39 is 74.4 Å². The van der Waals surface area contributed by atoms with Gasteiger partial charge in [0, 0.05) is 17.0 Å². The molecule has 0 aromatic heterocycles. The fourth-order valence-electron chi connectivity index (χ4n) is 8.65. The molecule has 2 saturated heterocycles. The molecular formula is C42H32Cl2F2N2O7. The van der Waals surface area contributed by atoms with Gasteiger partial charge in [-0.25, -0.2) is 13.7 Å². The second kappa shape index (κ2) is 13.3. The van der Waals surface area contributed by atoms with Crippen LogP contribution >= 0.6 is 23.2 Å². The van der Waals surface area contributed by atoms with Crippen molar-refractivity contribution in [1.82, 2.24) is 0 Å². The van der Waals surface area contributed by atoms with Crippen LogP contribution in [0.5, 0.6) is 17.2 Å². The van der Waals surface area contributed by atoms with Crippen LogP contribution < -0.4 is 19.3 Å². The van der Waals surface area contributed by atoms with E-state index in [2.05, 4.69) is 0 Å². The molecule has 9 nitrogen and oxygen atoms in total. The number of ether oxygens (including phenoxy) is 2. The molecule has 1 saturated carbocycles. The second-order valence-electron chi connectivity index (χ2n) is 14.0. The molecule has 4 aliphatic rings. The first-order valence-corrected chi connectivity index (χ1v) is 18.2. The summed E-state index contributed by atoms with van der Waals surface area (Å²) in [6.45, 7) is 0. The lowest BCUT2D eigenvalue weighted by molar-refractivity contribution is -0.125. The number of para-hydroxylation sites is 1. The summed E-state index contributed by atoms with van der Waals surface area (Å²) >= 11 is 14.6. The Hall–Kier alpha value is -5.52. The summed E-state index contributed by atoms with van der Waals surface area (Å²) in [6, 6.07) is 20.6. The van der Waals surface area contributed by atoms with Gasteiger partial charge in [-0.1, -0.05) is 48.1 Å². The van der Waals surface area contributed by atoms with Gasteiger partial charge in [-0.2, -0.15) is 0 Å². The third-order valence-electron chi connectivity index (χ3n) is 11.3. The Bertz CT molecular complexity index is 2350. The van der Waals surface area contributed by atoms with Gasteiger partial charge in [0.05, 0.1) is 37.4 Å². The molecule has 2 aliphatic carbocycles. The summed E-state index contributed by atoms with van der Waals surface area (Å²) in [6.07, 6.45) is 5.13. The van der Waals surface area contributed by atoms with E-state index >= 15 is 4.39 Å². The van der Waals surface area contributed by atoms with Crippen LogP contribution in [0.25, 0.3) is 12.2 Å². The number of hydrogen-bond acceptors (Lipinski definition) is 7. The predicted molar refractivity (Wildman–Crippen MR) is 202 cm³/mol. The molecule has 4 aromatic rings. The summed E-state index contributed by atoms with van der Waals surface area (Å²) < 4.78 is 39.7. The van der Waals surface area contributed by atoms with Crippen molar-refractivity contribution in [3.8, 4) is 17.2 Å². The van der Waals surface area contributed by atoms with Gasteiger partial charge in [-0.05, 0) is 85.0 Å². The molecule has 4 amide bonds. The van der Waals surface area contributed by atoms with Gasteiger partial charge in [-0.15, -0.1) is 23.2 Å². The Kier molecular flexibility index (Phi) is 8.85. The number of aromatic hydroxyl groups is 1. The average Bonchev–Trinajstić information content (AvgIpc) is 3.53. The van der Waals surface area contributed by atoms with Crippen molar-refractivity contribution in [1.29, 1.82) is 0 Å². The first-order valence-electron chi connectivity index (χ1n) is 17.4. The van der Waals surface area contributed by atoms with Gasteiger partial charge in [0.25, 0.3) is 11.8 Å². The molecule has 4 aromatic carbocycles. The maximum absolute atomic E-state index is 15.0. The second-order valence-corrected chi connectivity index (χ2v) is 15.2. The zero-order valence-electron chi connectivity index (χ0n) is 29.3. The van der Waals surface area contributed by atoms with E-state index in [9.17, 15) is 28.7 Å². The lowest BCUT2D eigenvalue weighted by Crippen LogP contribution is -2.60. The third kappa shape index (κ3) is 5.38. The highest BCUT2D eigenvalue weighted by Gasteiger charge is 2.77. The maximum Gasteiger partial charge on any atom is 0.258 e. The molecule has 0 bridgehead atoms. The number of alkyl halides is 2. The van der Waals surface area contributed by atoms with Crippen LogP contribution in [-0.4, -0.2) is 52.7 Å². The Balaban J connectivity index is 1.16. The average molecular weight is 786 g/mol. The van der Waals surface area contributed by atoms with E-state index in [1.807, 2.05) is 18.2 Å². The molecule has 2 heterocycles. The van der Waals surface area contributed by atoms with E-state index in [1.165, 1.54) is 24.3 Å². The van der Waals surface area contributed by atoms with E-state index in [4.69, 9.17) is 32.7 Å². The van der Waals surface area contributed by atoms with Crippen LogP contribution in [0.1, 0.15) is 35.4 Å². The highest BCUT2D eigenvalue weighted by atomic mass is 35.5. The number of allylic oxidation sites excluding steroid dienone is 2. The quantitative estimate of drug-likeness (QED) is 0.0888. The number of carbonyl (C=O) groups is 4. The molecule has 280 valence electrons. The number of hydrogen-bond donors (Lipinski definition) is 1. The summed E-state index contributed by atoms with van der Waals surface area (Å²) in [5.41, 5.74) is 2.16. The molecule has 2 aliphatic heterocycles. The fraction of sp³-hybridized carbons (Fsp3) is 0.238. The number of phenolic OH excluding ortho intramolecular Hbond substituents is 1. The summed E-state index contributed by atoms with van der Waals surface area (Å²) in [5.74, 6) is -8.15. The summed E-state index contributed by atoms with van der Waals surface area (Å²) in [4.78, 5) is 54.8. The van der Waals surface area contributed by atoms with Gasteiger partial charge < -0.3 is 14.6 Å². The van der Waals surface area contributed by atoms with Gasteiger partial charge in [0.15, 0.2) is 21.3 Å². The van der Waals surface area contributed by atoms with Crippen molar-refractivity contribution in [3.63, 3.8) is 0 Å². The number of anilines is 2. The van der Waals surface area contributed by atoms with E-state index in [1.54, 1.807) is 56.7 Å². The molecule has 0 radical (unpaired) electrons. The van der Waals surface area contributed by atoms with Crippen molar-refractivity contribution < 1.29 is 42.5 Å². The minimum Gasteiger partial charge on any atom is -0.505 e. The smallest absolute Gasteiger partial charge is 0.258 e. The largest absolute Gasteiger partial charge is 0.505 e. The van der Waals surface area contributed by atoms with E-state index in [0.29, 0.717) is 22.8 Å². The Morgan fingerprint density at radius 3 is 2.18 bits per heavy atom.